The van der Waals surface area contributed by atoms with Gasteiger partial charge in [-0.3, -0.25) is 9.59 Å². The van der Waals surface area contributed by atoms with E-state index < -0.39 is 26.9 Å². The van der Waals surface area contributed by atoms with Crippen LogP contribution in [0.3, 0.4) is 0 Å². The molecule has 1 heterocycles. The first kappa shape index (κ1) is 22.6. The molecule has 1 atom stereocenters. The van der Waals surface area contributed by atoms with Gasteiger partial charge in [0.05, 0.1) is 11.2 Å². The van der Waals surface area contributed by atoms with Crippen molar-refractivity contribution in [2.24, 2.45) is 0 Å². The summed E-state index contributed by atoms with van der Waals surface area (Å²) in [6, 6.07) is 9.54. The lowest BCUT2D eigenvalue weighted by molar-refractivity contribution is -0.139. The smallest absolute Gasteiger partial charge is 0.309 e. The van der Waals surface area contributed by atoms with Crippen LogP contribution in [0.1, 0.15) is 23.0 Å². The van der Waals surface area contributed by atoms with Crippen LogP contribution in [0.25, 0.3) is 0 Å². The number of carbonyl (C=O) groups excluding carboxylic acids is 2. The number of rotatable bonds is 9. The lowest BCUT2D eigenvalue weighted by atomic mass is 10.2. The average molecular weight is 422 g/mol. The molecule has 0 unspecified atom stereocenters. The minimum absolute atomic E-state index is 0.117. The van der Waals surface area contributed by atoms with E-state index in [0.29, 0.717) is 13.0 Å². The molecule has 0 aliphatic heterocycles. The van der Waals surface area contributed by atoms with Gasteiger partial charge < -0.3 is 20.0 Å². The lowest BCUT2D eigenvalue weighted by Gasteiger charge is -2.17. The molecule has 0 aliphatic carbocycles. The first-order chi connectivity index (χ1) is 13.7. The molecule has 2 N–H and O–H groups in total. The molecule has 2 rings (SSSR count). The fourth-order valence-electron chi connectivity index (χ4n) is 2.67. The molecule has 0 saturated heterocycles. The zero-order valence-corrected chi connectivity index (χ0v) is 17.7. The first-order valence-corrected chi connectivity index (χ1v) is 10.8. The van der Waals surface area contributed by atoms with E-state index in [1.165, 1.54) is 24.5 Å². The molecule has 2 amide bonds. The van der Waals surface area contributed by atoms with Crippen molar-refractivity contribution in [1.29, 1.82) is 0 Å². The van der Waals surface area contributed by atoms with Crippen molar-refractivity contribution in [3.8, 4) is 0 Å². The van der Waals surface area contributed by atoms with Gasteiger partial charge in [-0.25, -0.2) is 8.42 Å². The Kier molecular flexibility index (Phi) is 7.98. The maximum atomic E-state index is 13.1. The predicted octanol–water partition coefficient (Wildman–Crippen LogP) is 1.29. The Labute approximate surface area is 171 Å². The van der Waals surface area contributed by atoms with Crippen molar-refractivity contribution >= 4 is 21.7 Å². The van der Waals surface area contributed by atoms with Gasteiger partial charge in [-0.05, 0) is 58.3 Å². The molecule has 9 heteroatoms. The van der Waals surface area contributed by atoms with Crippen LogP contribution in [0.5, 0.6) is 0 Å². The summed E-state index contributed by atoms with van der Waals surface area (Å²) in [4.78, 5) is 26.1. The van der Waals surface area contributed by atoms with Gasteiger partial charge in [-0.15, -0.1) is 0 Å². The van der Waals surface area contributed by atoms with Gasteiger partial charge in [0.1, 0.15) is 11.0 Å². The number of hydrogen-bond acceptors (Lipinski definition) is 6. The van der Waals surface area contributed by atoms with Gasteiger partial charge in [0.15, 0.2) is 9.84 Å². The molecule has 0 spiro atoms. The number of amides is 2. The third-order valence-corrected chi connectivity index (χ3v) is 6.38. The summed E-state index contributed by atoms with van der Waals surface area (Å²) in [7, 11) is -0.00933. The van der Waals surface area contributed by atoms with E-state index in [2.05, 4.69) is 10.6 Å². The maximum absolute atomic E-state index is 13.1. The fraction of sp³-hybridized carbons (Fsp3) is 0.400. The second-order valence-electron chi connectivity index (χ2n) is 6.98. The highest BCUT2D eigenvalue weighted by molar-refractivity contribution is 7.91. The molecular formula is C20H27N3O5S. The van der Waals surface area contributed by atoms with Crippen LogP contribution in [0.2, 0.25) is 0 Å². The Morgan fingerprint density at radius 3 is 2.31 bits per heavy atom. The molecule has 0 aliphatic rings. The number of nitrogens with zero attached hydrogens (tertiary/aromatic N) is 1. The van der Waals surface area contributed by atoms with E-state index in [1.807, 2.05) is 25.9 Å². The van der Waals surface area contributed by atoms with E-state index in [9.17, 15) is 18.0 Å². The van der Waals surface area contributed by atoms with Crippen molar-refractivity contribution in [1.82, 2.24) is 15.5 Å². The molecule has 0 fully saturated rings. The van der Waals surface area contributed by atoms with E-state index in [-0.39, 0.29) is 17.2 Å². The number of nitrogens with one attached hydrogen (secondary N) is 2. The van der Waals surface area contributed by atoms with Crippen LogP contribution < -0.4 is 10.6 Å². The van der Waals surface area contributed by atoms with Gasteiger partial charge in [-0.1, -0.05) is 17.7 Å². The highest BCUT2D eigenvalue weighted by Gasteiger charge is 2.32. The molecule has 0 bridgehead atoms. The zero-order chi connectivity index (χ0) is 21.4. The van der Waals surface area contributed by atoms with Crippen LogP contribution in [-0.4, -0.2) is 58.9 Å². The quantitative estimate of drug-likeness (QED) is 0.466. The summed E-state index contributed by atoms with van der Waals surface area (Å²) in [5, 5.41) is 3.78. The van der Waals surface area contributed by atoms with Gasteiger partial charge in [0.2, 0.25) is 0 Å². The molecule has 8 nitrogen and oxygen atoms in total. The van der Waals surface area contributed by atoms with Gasteiger partial charge >= 0.3 is 11.8 Å². The molecule has 2 aromatic rings. The second-order valence-corrected chi connectivity index (χ2v) is 9.12. The van der Waals surface area contributed by atoms with Crippen molar-refractivity contribution in [2.75, 3.05) is 33.7 Å². The van der Waals surface area contributed by atoms with Crippen LogP contribution >= 0.6 is 0 Å². The normalized spacial score (nSPS) is 12.6. The van der Waals surface area contributed by atoms with Crippen LogP contribution in [-0.2, 0) is 19.4 Å². The largest absolute Gasteiger partial charge is 0.468 e. The third kappa shape index (κ3) is 6.43. The number of aryl methyl sites for hydroxylation is 1. The molecule has 1 aromatic carbocycles. The van der Waals surface area contributed by atoms with Crippen LogP contribution in [0.4, 0.5) is 0 Å². The molecule has 1 aromatic heterocycles. The van der Waals surface area contributed by atoms with E-state index in [4.69, 9.17) is 4.42 Å². The van der Waals surface area contributed by atoms with Crippen LogP contribution in [0, 0.1) is 6.92 Å². The predicted molar refractivity (Wildman–Crippen MR) is 109 cm³/mol. The Morgan fingerprint density at radius 1 is 1.07 bits per heavy atom. The van der Waals surface area contributed by atoms with Gasteiger partial charge in [0.25, 0.3) is 0 Å². The standard InChI is InChI=1S/C20H27N3O5S/c1-15-7-9-16(10-8-15)29(26,27)18(17-6-4-13-28-17)14-22-20(25)19(24)21-11-5-12-23(2)3/h4,6-10,13,18H,5,11-12,14H2,1-3H3,(H,21,24)(H,22,25)/t18-/m0/s1. The topological polar surface area (TPSA) is 109 Å². The van der Waals surface area contributed by atoms with Gasteiger partial charge in [-0.2, -0.15) is 0 Å². The Bertz CT molecular complexity index is 906. The molecule has 158 valence electrons. The first-order valence-electron chi connectivity index (χ1n) is 9.26. The third-order valence-electron chi connectivity index (χ3n) is 4.31. The van der Waals surface area contributed by atoms with Crippen molar-refractivity contribution in [3.05, 3.63) is 54.0 Å². The zero-order valence-electron chi connectivity index (χ0n) is 16.8. The number of hydrogen-bond donors (Lipinski definition) is 2. The second kappa shape index (κ2) is 10.2. The summed E-state index contributed by atoms with van der Waals surface area (Å²) in [5.41, 5.74) is 0.928. The van der Waals surface area contributed by atoms with Crippen LogP contribution in [0.15, 0.2) is 52.0 Å². The molecule has 29 heavy (non-hydrogen) atoms. The number of furan rings is 1. The highest BCUT2D eigenvalue weighted by atomic mass is 32.2. The summed E-state index contributed by atoms with van der Waals surface area (Å²) in [6.07, 6.45) is 2.06. The Hall–Kier alpha value is -2.65. The Morgan fingerprint density at radius 2 is 1.72 bits per heavy atom. The Balaban J connectivity index is 2.05. The van der Waals surface area contributed by atoms with E-state index in [0.717, 1.165) is 12.1 Å². The van der Waals surface area contributed by atoms with Gasteiger partial charge in [0, 0.05) is 13.1 Å². The summed E-state index contributed by atoms with van der Waals surface area (Å²) < 4.78 is 31.5. The van der Waals surface area contributed by atoms with Crippen molar-refractivity contribution in [2.45, 2.75) is 23.5 Å². The maximum Gasteiger partial charge on any atom is 0.309 e. The minimum Gasteiger partial charge on any atom is -0.468 e. The average Bonchev–Trinajstić information content (AvgIpc) is 3.19. The summed E-state index contributed by atoms with van der Waals surface area (Å²) in [6.45, 7) is 2.70. The molecular weight excluding hydrogens is 394 g/mol. The van der Waals surface area contributed by atoms with Crippen molar-refractivity contribution in [3.63, 3.8) is 0 Å². The SMILES string of the molecule is Cc1ccc(S(=O)(=O)[C@@H](CNC(=O)C(=O)NCCCN(C)C)c2ccco2)cc1. The monoisotopic (exact) mass is 421 g/mol. The number of sulfone groups is 1. The van der Waals surface area contributed by atoms with Crippen molar-refractivity contribution < 1.29 is 22.4 Å². The fourth-order valence-corrected chi connectivity index (χ4v) is 4.26. The lowest BCUT2D eigenvalue weighted by Crippen LogP contribution is -2.42. The highest BCUT2D eigenvalue weighted by Crippen LogP contribution is 2.29. The molecule has 0 saturated carbocycles. The van der Waals surface area contributed by atoms with E-state index in [1.54, 1.807) is 18.2 Å². The summed E-state index contributed by atoms with van der Waals surface area (Å²) >= 11 is 0. The molecule has 0 radical (unpaired) electrons. The van der Waals surface area contributed by atoms with E-state index >= 15 is 0 Å². The number of carbonyl (C=O) groups is 2. The number of benzene rings is 1. The summed E-state index contributed by atoms with van der Waals surface area (Å²) in [5.74, 6) is -1.49. The minimum atomic E-state index is -3.84.